The number of ether oxygens (including phenoxy) is 1. The molecule has 0 spiro atoms. The fraction of sp³-hybridized carbons (Fsp3) is 0.226. The van der Waals surface area contributed by atoms with E-state index in [2.05, 4.69) is 30.4 Å². The summed E-state index contributed by atoms with van der Waals surface area (Å²) in [5.74, 6) is -0.725. The first kappa shape index (κ1) is 26.2. The number of carboxylic acids is 2. The van der Waals surface area contributed by atoms with Gasteiger partial charge in [0.2, 0.25) is 0 Å². The lowest BCUT2D eigenvalue weighted by atomic mass is 9.92. The number of aromatic carboxylic acids is 1. The second-order valence-electron chi connectivity index (χ2n) is 9.04. The molecule has 0 aliphatic carbocycles. The molecular formula is C31H30O5S. The van der Waals surface area contributed by atoms with Crippen molar-refractivity contribution in [3.05, 3.63) is 107 Å². The van der Waals surface area contributed by atoms with Crippen LogP contribution in [0, 0.1) is 5.92 Å². The minimum atomic E-state index is -0.941. The SMILES string of the molecule is O=C(O)CCCCC(/C=C/c1ccccc1OCc1cc2ccccc2s1)Cc1ccc(C(=O)O)cc1. The van der Waals surface area contributed by atoms with Crippen LogP contribution in [0.2, 0.25) is 0 Å². The van der Waals surface area contributed by atoms with Gasteiger partial charge in [-0.1, -0.05) is 67.1 Å². The van der Waals surface area contributed by atoms with Crippen molar-refractivity contribution in [1.29, 1.82) is 0 Å². The molecule has 0 saturated carbocycles. The minimum absolute atomic E-state index is 0.165. The van der Waals surface area contributed by atoms with E-state index < -0.39 is 11.9 Å². The van der Waals surface area contributed by atoms with Crippen LogP contribution in [-0.2, 0) is 17.8 Å². The average molecular weight is 515 g/mol. The Morgan fingerprint density at radius 2 is 1.68 bits per heavy atom. The summed E-state index contributed by atoms with van der Waals surface area (Å²) in [4.78, 5) is 23.3. The van der Waals surface area contributed by atoms with Crippen LogP contribution < -0.4 is 4.74 Å². The third-order valence-corrected chi connectivity index (χ3v) is 7.32. The van der Waals surface area contributed by atoms with Gasteiger partial charge in [-0.05, 0) is 66.5 Å². The van der Waals surface area contributed by atoms with Crippen LogP contribution in [0.1, 0.15) is 52.0 Å². The number of unbranched alkanes of at least 4 members (excludes halogenated alkanes) is 1. The molecule has 3 aromatic carbocycles. The third-order valence-electron chi connectivity index (χ3n) is 6.23. The van der Waals surface area contributed by atoms with Crippen molar-refractivity contribution in [1.82, 2.24) is 0 Å². The van der Waals surface area contributed by atoms with Crippen molar-refractivity contribution in [2.45, 2.75) is 38.7 Å². The summed E-state index contributed by atoms with van der Waals surface area (Å²) in [5, 5.41) is 19.4. The van der Waals surface area contributed by atoms with Gasteiger partial charge < -0.3 is 14.9 Å². The van der Waals surface area contributed by atoms with Crippen molar-refractivity contribution < 1.29 is 24.5 Å². The molecule has 4 aromatic rings. The Bertz CT molecular complexity index is 1340. The number of hydrogen-bond acceptors (Lipinski definition) is 4. The second kappa shape index (κ2) is 12.9. The van der Waals surface area contributed by atoms with Gasteiger partial charge in [-0.15, -0.1) is 11.3 Å². The highest BCUT2D eigenvalue weighted by Gasteiger charge is 2.10. The van der Waals surface area contributed by atoms with E-state index in [0.29, 0.717) is 13.0 Å². The monoisotopic (exact) mass is 514 g/mol. The first-order valence-electron chi connectivity index (χ1n) is 12.4. The van der Waals surface area contributed by atoms with Gasteiger partial charge in [0.15, 0.2) is 0 Å². The van der Waals surface area contributed by atoms with Gasteiger partial charge in [-0.2, -0.15) is 0 Å². The van der Waals surface area contributed by atoms with Crippen LogP contribution >= 0.6 is 11.3 Å². The molecule has 0 fully saturated rings. The Hall–Kier alpha value is -3.90. The average Bonchev–Trinajstić information content (AvgIpc) is 3.32. The maximum absolute atomic E-state index is 11.2. The summed E-state index contributed by atoms with van der Waals surface area (Å²) in [6.45, 7) is 0.499. The lowest BCUT2D eigenvalue weighted by molar-refractivity contribution is -0.137. The van der Waals surface area contributed by atoms with E-state index in [9.17, 15) is 9.59 Å². The number of thiophene rings is 1. The Morgan fingerprint density at radius 3 is 2.43 bits per heavy atom. The Labute approximate surface area is 220 Å². The number of rotatable bonds is 13. The van der Waals surface area contributed by atoms with Crippen molar-refractivity contribution >= 4 is 39.4 Å². The lowest BCUT2D eigenvalue weighted by Crippen LogP contribution is -2.04. The molecule has 0 aliphatic rings. The van der Waals surface area contributed by atoms with Crippen LogP contribution in [0.4, 0.5) is 0 Å². The van der Waals surface area contributed by atoms with E-state index >= 15 is 0 Å². The summed E-state index contributed by atoms with van der Waals surface area (Å²) >= 11 is 1.74. The van der Waals surface area contributed by atoms with Gasteiger partial charge in [0.1, 0.15) is 12.4 Å². The second-order valence-corrected chi connectivity index (χ2v) is 10.2. The standard InChI is InChI=1S/C31H30O5S/c32-30(33)12-6-1-7-22(19-23-14-17-25(18-15-23)31(34)35)13-16-24-8-2-4-10-28(24)36-21-27-20-26-9-3-5-11-29(26)37-27/h2-5,8-11,13-18,20,22H,1,6-7,12,19,21H2,(H,32,33)(H,34,35)/b16-13+. The van der Waals surface area contributed by atoms with Gasteiger partial charge in [-0.25, -0.2) is 4.79 Å². The van der Waals surface area contributed by atoms with Gasteiger partial charge in [0.25, 0.3) is 0 Å². The third kappa shape index (κ3) is 7.79. The molecule has 0 radical (unpaired) electrons. The predicted octanol–water partition coefficient (Wildman–Crippen LogP) is 7.70. The Balaban J connectivity index is 1.45. The molecule has 0 amide bonds. The molecule has 0 saturated heterocycles. The summed E-state index contributed by atoms with van der Waals surface area (Å²) in [7, 11) is 0. The Morgan fingerprint density at radius 1 is 0.919 bits per heavy atom. The molecule has 0 aliphatic heterocycles. The Kier molecular flexibility index (Phi) is 9.11. The van der Waals surface area contributed by atoms with Gasteiger partial charge in [0, 0.05) is 21.6 Å². The maximum atomic E-state index is 11.2. The predicted molar refractivity (Wildman–Crippen MR) is 148 cm³/mol. The first-order valence-corrected chi connectivity index (χ1v) is 13.2. The molecule has 0 bridgehead atoms. The van der Waals surface area contributed by atoms with Crippen LogP contribution in [0.5, 0.6) is 5.75 Å². The van der Waals surface area contributed by atoms with Crippen molar-refractivity contribution in [3.63, 3.8) is 0 Å². The topological polar surface area (TPSA) is 83.8 Å². The normalized spacial score (nSPS) is 12.1. The van der Waals surface area contributed by atoms with E-state index in [4.69, 9.17) is 14.9 Å². The molecule has 1 unspecified atom stereocenters. The van der Waals surface area contributed by atoms with E-state index in [1.807, 2.05) is 48.5 Å². The number of carbonyl (C=O) groups is 2. The molecule has 190 valence electrons. The fourth-order valence-electron chi connectivity index (χ4n) is 4.28. The van der Waals surface area contributed by atoms with Crippen LogP contribution in [0.3, 0.4) is 0 Å². The molecule has 1 atom stereocenters. The van der Waals surface area contributed by atoms with E-state index in [1.165, 1.54) is 15.0 Å². The zero-order valence-electron chi connectivity index (χ0n) is 20.5. The maximum Gasteiger partial charge on any atom is 0.335 e. The summed E-state index contributed by atoms with van der Waals surface area (Å²) in [5.41, 5.74) is 2.30. The van der Waals surface area contributed by atoms with Gasteiger partial charge in [-0.3, -0.25) is 4.79 Å². The summed E-state index contributed by atoms with van der Waals surface area (Å²) < 4.78 is 7.45. The summed E-state index contributed by atoms with van der Waals surface area (Å²) in [6.07, 6.45) is 7.42. The minimum Gasteiger partial charge on any atom is -0.487 e. The highest BCUT2D eigenvalue weighted by Crippen LogP contribution is 2.28. The molecule has 5 nitrogen and oxygen atoms in total. The van der Waals surface area contributed by atoms with Crippen LogP contribution in [0.25, 0.3) is 16.2 Å². The highest BCUT2D eigenvalue weighted by atomic mass is 32.1. The molecule has 1 heterocycles. The van der Waals surface area contributed by atoms with E-state index in [0.717, 1.165) is 36.1 Å². The van der Waals surface area contributed by atoms with Gasteiger partial charge in [0.05, 0.1) is 5.56 Å². The highest BCUT2D eigenvalue weighted by molar-refractivity contribution is 7.19. The first-order chi connectivity index (χ1) is 18.0. The zero-order valence-corrected chi connectivity index (χ0v) is 21.3. The quantitative estimate of drug-likeness (QED) is 0.179. The number of carboxylic acid groups (broad SMARTS) is 2. The molecule has 1 aromatic heterocycles. The number of hydrogen-bond donors (Lipinski definition) is 2. The molecular weight excluding hydrogens is 484 g/mol. The number of allylic oxidation sites excluding steroid dienone is 1. The van der Waals surface area contributed by atoms with Crippen molar-refractivity contribution in [2.75, 3.05) is 0 Å². The largest absolute Gasteiger partial charge is 0.487 e. The van der Waals surface area contributed by atoms with E-state index in [1.54, 1.807) is 23.5 Å². The van der Waals surface area contributed by atoms with E-state index in [-0.39, 0.29) is 17.9 Å². The fourth-order valence-corrected chi connectivity index (χ4v) is 5.26. The molecule has 4 rings (SSSR count). The number of fused-ring (bicyclic) bond motifs is 1. The zero-order chi connectivity index (χ0) is 26.0. The molecule has 37 heavy (non-hydrogen) atoms. The van der Waals surface area contributed by atoms with Crippen molar-refractivity contribution in [2.24, 2.45) is 5.92 Å². The van der Waals surface area contributed by atoms with Crippen LogP contribution in [-0.4, -0.2) is 22.2 Å². The summed E-state index contributed by atoms with van der Waals surface area (Å²) in [6, 6.07) is 25.4. The van der Waals surface area contributed by atoms with Gasteiger partial charge >= 0.3 is 11.9 Å². The van der Waals surface area contributed by atoms with Crippen LogP contribution in [0.15, 0.2) is 84.9 Å². The lowest BCUT2D eigenvalue weighted by Gasteiger charge is -2.14. The van der Waals surface area contributed by atoms with Crippen molar-refractivity contribution in [3.8, 4) is 5.75 Å². The smallest absolute Gasteiger partial charge is 0.335 e. The number of benzene rings is 3. The number of para-hydroxylation sites is 1. The molecule has 2 N–H and O–H groups in total. The molecule has 6 heteroatoms. The number of aliphatic carboxylic acids is 1.